The van der Waals surface area contributed by atoms with Gasteiger partial charge in [-0.25, -0.2) is 0 Å². The molecule has 0 fully saturated rings. The molecule has 0 saturated carbocycles. The molecule has 6 nitrogen and oxygen atoms in total. The zero-order valence-corrected chi connectivity index (χ0v) is 12.3. The number of rotatable bonds is 3. The highest BCUT2D eigenvalue weighted by atomic mass is 19.4. The molecule has 25 heavy (non-hydrogen) atoms. The van der Waals surface area contributed by atoms with E-state index in [-0.39, 0.29) is 22.7 Å². The van der Waals surface area contributed by atoms with Crippen molar-refractivity contribution in [2.75, 3.05) is 5.32 Å². The van der Waals surface area contributed by atoms with Crippen LogP contribution in [0.4, 0.5) is 19.2 Å². The molecule has 3 aromatic rings. The molecule has 1 N–H and O–H groups in total. The molecule has 1 amide bonds. The molecule has 3 rings (SSSR count). The van der Waals surface area contributed by atoms with Crippen LogP contribution in [0.1, 0.15) is 15.9 Å². The Morgan fingerprint density at radius 2 is 1.92 bits per heavy atom. The highest BCUT2D eigenvalue weighted by Gasteiger charge is 2.31. The molecule has 0 saturated heterocycles. The van der Waals surface area contributed by atoms with Gasteiger partial charge in [0.05, 0.1) is 11.6 Å². The first kappa shape index (κ1) is 16.3. The standard InChI is InChI=1S/C16H8F3N3O3/c17-16(18,19)25-11-5-6-12-13(7-11)24-15(21-12)22-14(23)10-3-1-9(8-20)2-4-10/h1-7H,(H,21,22,23). The number of fused-ring (bicyclic) bond motifs is 1. The van der Waals surface area contributed by atoms with Gasteiger partial charge in [0.15, 0.2) is 5.58 Å². The van der Waals surface area contributed by atoms with Crippen LogP contribution < -0.4 is 10.1 Å². The van der Waals surface area contributed by atoms with Gasteiger partial charge in [-0.15, -0.1) is 13.2 Å². The first-order valence-electron chi connectivity index (χ1n) is 6.82. The zero-order valence-electron chi connectivity index (χ0n) is 12.3. The fourth-order valence-corrected chi connectivity index (χ4v) is 2.02. The van der Waals surface area contributed by atoms with Crippen LogP contribution in [0.3, 0.4) is 0 Å². The molecule has 9 heteroatoms. The summed E-state index contributed by atoms with van der Waals surface area (Å²) in [4.78, 5) is 16.0. The van der Waals surface area contributed by atoms with Crippen LogP contribution in [0.25, 0.3) is 11.1 Å². The number of halogens is 3. The van der Waals surface area contributed by atoms with E-state index >= 15 is 0 Å². The summed E-state index contributed by atoms with van der Waals surface area (Å²) in [5.41, 5.74) is 0.944. The van der Waals surface area contributed by atoms with Gasteiger partial charge < -0.3 is 9.15 Å². The fourth-order valence-electron chi connectivity index (χ4n) is 2.02. The molecule has 0 bridgehead atoms. The molecule has 0 unspecified atom stereocenters. The van der Waals surface area contributed by atoms with E-state index in [0.717, 1.165) is 12.1 Å². The third-order valence-corrected chi connectivity index (χ3v) is 3.09. The van der Waals surface area contributed by atoms with Crippen LogP contribution in [-0.2, 0) is 0 Å². The number of nitrogens with zero attached hydrogens (tertiary/aromatic N) is 2. The Morgan fingerprint density at radius 3 is 2.56 bits per heavy atom. The molecule has 0 atom stereocenters. The number of hydrogen-bond acceptors (Lipinski definition) is 5. The van der Waals surface area contributed by atoms with Gasteiger partial charge in [0, 0.05) is 11.6 Å². The SMILES string of the molecule is N#Cc1ccc(C(=O)Nc2nc3ccc(OC(F)(F)F)cc3o2)cc1. The van der Waals surface area contributed by atoms with Crippen LogP contribution in [0.2, 0.25) is 0 Å². The number of nitriles is 1. The van der Waals surface area contributed by atoms with Crippen LogP contribution in [0, 0.1) is 11.3 Å². The summed E-state index contributed by atoms with van der Waals surface area (Å²) >= 11 is 0. The summed E-state index contributed by atoms with van der Waals surface area (Å²) in [5, 5.41) is 11.1. The number of nitrogens with one attached hydrogen (secondary N) is 1. The predicted molar refractivity (Wildman–Crippen MR) is 79.8 cm³/mol. The van der Waals surface area contributed by atoms with Gasteiger partial charge in [-0.1, -0.05) is 0 Å². The Kier molecular flexibility index (Phi) is 4.02. The van der Waals surface area contributed by atoms with Crippen molar-refractivity contribution in [3.8, 4) is 11.8 Å². The largest absolute Gasteiger partial charge is 0.573 e. The van der Waals surface area contributed by atoms with Crippen molar-refractivity contribution in [2.45, 2.75) is 6.36 Å². The number of aromatic nitrogens is 1. The van der Waals surface area contributed by atoms with E-state index in [0.29, 0.717) is 5.56 Å². The Morgan fingerprint density at radius 1 is 1.20 bits per heavy atom. The van der Waals surface area contributed by atoms with E-state index in [4.69, 9.17) is 9.68 Å². The number of amides is 1. The minimum Gasteiger partial charge on any atom is -0.423 e. The summed E-state index contributed by atoms with van der Waals surface area (Å²) in [7, 11) is 0. The summed E-state index contributed by atoms with van der Waals surface area (Å²) in [6, 6.07) is 11.0. The van der Waals surface area contributed by atoms with Gasteiger partial charge in [-0.2, -0.15) is 10.2 Å². The van der Waals surface area contributed by atoms with Gasteiger partial charge in [0.1, 0.15) is 11.3 Å². The molecule has 2 aromatic carbocycles. The maximum absolute atomic E-state index is 12.2. The second-order valence-electron chi connectivity index (χ2n) is 4.84. The average molecular weight is 347 g/mol. The van der Waals surface area contributed by atoms with Crippen molar-refractivity contribution >= 4 is 23.0 Å². The van der Waals surface area contributed by atoms with Crippen molar-refractivity contribution in [3.05, 3.63) is 53.6 Å². The van der Waals surface area contributed by atoms with E-state index in [1.807, 2.05) is 6.07 Å². The topological polar surface area (TPSA) is 88.2 Å². The number of benzene rings is 2. The summed E-state index contributed by atoms with van der Waals surface area (Å²) < 4.78 is 45.7. The highest BCUT2D eigenvalue weighted by molar-refractivity contribution is 6.03. The average Bonchev–Trinajstić information content (AvgIpc) is 2.94. The first-order chi connectivity index (χ1) is 11.8. The smallest absolute Gasteiger partial charge is 0.423 e. The number of alkyl halides is 3. The lowest BCUT2D eigenvalue weighted by Gasteiger charge is -2.07. The van der Waals surface area contributed by atoms with Gasteiger partial charge in [0.2, 0.25) is 0 Å². The number of carbonyl (C=O) groups excluding carboxylic acids is 1. The van der Waals surface area contributed by atoms with Gasteiger partial charge in [-0.3, -0.25) is 10.1 Å². The second kappa shape index (κ2) is 6.16. The Bertz CT molecular complexity index is 972. The summed E-state index contributed by atoms with van der Waals surface area (Å²) in [6.07, 6.45) is -4.82. The molecule has 0 aliphatic heterocycles. The first-order valence-corrected chi connectivity index (χ1v) is 6.82. The molecule has 0 aliphatic carbocycles. The lowest BCUT2D eigenvalue weighted by atomic mass is 10.1. The Balaban J connectivity index is 1.79. The monoisotopic (exact) mass is 347 g/mol. The maximum atomic E-state index is 12.2. The summed E-state index contributed by atoms with van der Waals surface area (Å²) in [5.74, 6) is -0.996. The molecular formula is C16H8F3N3O3. The number of oxazole rings is 1. The van der Waals surface area contributed by atoms with Crippen LogP contribution in [0.5, 0.6) is 5.75 Å². The minimum atomic E-state index is -4.82. The number of ether oxygens (including phenoxy) is 1. The minimum absolute atomic E-state index is 0.0249. The van der Waals surface area contributed by atoms with Crippen LogP contribution >= 0.6 is 0 Å². The van der Waals surface area contributed by atoms with Gasteiger partial charge >= 0.3 is 12.4 Å². The van der Waals surface area contributed by atoms with Crippen molar-refractivity contribution in [2.24, 2.45) is 0 Å². The molecule has 1 heterocycles. The molecule has 1 aromatic heterocycles. The number of carbonyl (C=O) groups is 1. The van der Waals surface area contributed by atoms with E-state index in [2.05, 4.69) is 15.0 Å². The van der Waals surface area contributed by atoms with E-state index < -0.39 is 18.0 Å². The Hall–Kier alpha value is -3.54. The Labute approximate surface area is 138 Å². The molecule has 0 aliphatic rings. The van der Waals surface area contributed by atoms with Crippen molar-refractivity contribution in [1.82, 2.24) is 4.98 Å². The van der Waals surface area contributed by atoms with E-state index in [1.54, 1.807) is 0 Å². The molecule has 0 spiro atoms. The normalized spacial score (nSPS) is 11.1. The maximum Gasteiger partial charge on any atom is 0.573 e. The quantitative estimate of drug-likeness (QED) is 0.777. The van der Waals surface area contributed by atoms with Crippen molar-refractivity contribution in [1.29, 1.82) is 5.26 Å². The molecule has 126 valence electrons. The predicted octanol–water partition coefficient (Wildman–Crippen LogP) is 3.85. The number of anilines is 1. The number of hydrogen-bond donors (Lipinski definition) is 1. The van der Waals surface area contributed by atoms with Crippen molar-refractivity contribution < 1.29 is 27.1 Å². The van der Waals surface area contributed by atoms with Gasteiger partial charge in [0.25, 0.3) is 5.91 Å². The van der Waals surface area contributed by atoms with Gasteiger partial charge in [-0.05, 0) is 36.4 Å². The zero-order chi connectivity index (χ0) is 18.0. The van der Waals surface area contributed by atoms with E-state index in [1.165, 1.54) is 30.3 Å². The lowest BCUT2D eigenvalue weighted by molar-refractivity contribution is -0.274. The van der Waals surface area contributed by atoms with Crippen LogP contribution in [0.15, 0.2) is 46.9 Å². The third-order valence-electron chi connectivity index (χ3n) is 3.09. The second-order valence-corrected chi connectivity index (χ2v) is 4.84. The fraction of sp³-hybridized carbons (Fsp3) is 0.0625. The van der Waals surface area contributed by atoms with Crippen LogP contribution in [-0.4, -0.2) is 17.3 Å². The highest BCUT2D eigenvalue weighted by Crippen LogP contribution is 2.28. The lowest BCUT2D eigenvalue weighted by Crippen LogP contribution is -2.16. The van der Waals surface area contributed by atoms with Crippen molar-refractivity contribution in [3.63, 3.8) is 0 Å². The third kappa shape index (κ3) is 3.87. The molecule has 0 radical (unpaired) electrons. The summed E-state index contributed by atoms with van der Waals surface area (Å²) in [6.45, 7) is 0. The van der Waals surface area contributed by atoms with E-state index in [9.17, 15) is 18.0 Å². The molecular weight excluding hydrogens is 339 g/mol.